The first-order chi connectivity index (χ1) is 16.0. The number of amides is 1. The molecular weight excluding hydrogens is 432 g/mol. The molecule has 0 aliphatic heterocycles. The maximum atomic E-state index is 13.8. The third-order valence-corrected chi connectivity index (χ3v) is 8.75. The summed E-state index contributed by atoms with van der Waals surface area (Å²) < 4.78 is 28.9. The number of benzene rings is 3. The first-order valence-electron chi connectivity index (χ1n) is 11.5. The van der Waals surface area contributed by atoms with Crippen molar-refractivity contribution in [3.63, 3.8) is 0 Å². The van der Waals surface area contributed by atoms with E-state index in [2.05, 4.69) is 5.32 Å². The highest BCUT2D eigenvalue weighted by Crippen LogP contribution is 2.44. The zero-order chi connectivity index (χ0) is 22.8. The molecule has 5 rings (SSSR count). The molecule has 2 bridgehead atoms. The SMILES string of the molecule is O=C(N[C@H]1C[C@@H]2CC[C@@H]1C2)c1ccccc1N(Cc1ccccc1)S(=O)(=O)c1ccccc1. The fourth-order valence-electron chi connectivity index (χ4n) is 5.32. The van der Waals surface area contributed by atoms with E-state index >= 15 is 0 Å². The maximum absolute atomic E-state index is 13.8. The molecule has 170 valence electrons. The van der Waals surface area contributed by atoms with Gasteiger partial charge in [0.15, 0.2) is 0 Å². The maximum Gasteiger partial charge on any atom is 0.264 e. The summed E-state index contributed by atoms with van der Waals surface area (Å²) in [5.41, 5.74) is 1.63. The zero-order valence-electron chi connectivity index (χ0n) is 18.4. The minimum Gasteiger partial charge on any atom is -0.349 e. The molecule has 3 aromatic carbocycles. The van der Waals surface area contributed by atoms with Crippen molar-refractivity contribution in [3.05, 3.63) is 96.1 Å². The summed E-state index contributed by atoms with van der Waals surface area (Å²) >= 11 is 0. The van der Waals surface area contributed by atoms with Crippen molar-refractivity contribution in [2.75, 3.05) is 4.31 Å². The quantitative estimate of drug-likeness (QED) is 0.540. The van der Waals surface area contributed by atoms with E-state index in [4.69, 9.17) is 0 Å². The minimum absolute atomic E-state index is 0.135. The number of sulfonamides is 1. The molecule has 1 N–H and O–H groups in total. The average Bonchev–Trinajstić information content (AvgIpc) is 3.47. The molecule has 0 radical (unpaired) electrons. The molecule has 0 heterocycles. The van der Waals surface area contributed by atoms with E-state index < -0.39 is 10.0 Å². The van der Waals surface area contributed by atoms with Gasteiger partial charge in [-0.1, -0.05) is 67.1 Å². The highest BCUT2D eigenvalue weighted by atomic mass is 32.2. The van der Waals surface area contributed by atoms with Gasteiger partial charge in [0.05, 0.1) is 22.7 Å². The Balaban J connectivity index is 1.52. The summed E-state index contributed by atoms with van der Waals surface area (Å²) in [5, 5.41) is 3.22. The number of hydrogen-bond acceptors (Lipinski definition) is 3. The molecule has 0 unspecified atom stereocenters. The summed E-state index contributed by atoms with van der Waals surface area (Å²) in [6.07, 6.45) is 4.64. The molecule has 0 spiro atoms. The molecule has 2 aliphatic carbocycles. The number of hydrogen-bond donors (Lipinski definition) is 1. The number of nitrogens with one attached hydrogen (secondary N) is 1. The van der Waals surface area contributed by atoms with Crippen LogP contribution in [0.15, 0.2) is 89.8 Å². The Morgan fingerprint density at radius 3 is 2.18 bits per heavy atom. The molecule has 2 aliphatic rings. The van der Waals surface area contributed by atoms with Crippen LogP contribution in [0.4, 0.5) is 5.69 Å². The zero-order valence-corrected chi connectivity index (χ0v) is 19.2. The third-order valence-electron chi connectivity index (χ3n) is 6.97. The van der Waals surface area contributed by atoms with Crippen LogP contribution < -0.4 is 9.62 Å². The highest BCUT2D eigenvalue weighted by Gasteiger charge is 2.40. The predicted molar refractivity (Wildman–Crippen MR) is 129 cm³/mol. The number of rotatable bonds is 7. The fraction of sp³-hybridized carbons (Fsp3) is 0.296. The molecule has 33 heavy (non-hydrogen) atoms. The van der Waals surface area contributed by atoms with E-state index in [1.165, 1.54) is 23.6 Å². The Kier molecular flexibility index (Phi) is 5.94. The van der Waals surface area contributed by atoms with Gasteiger partial charge < -0.3 is 5.32 Å². The molecule has 1 amide bonds. The Bertz CT molecular complexity index is 1230. The number of fused-ring (bicyclic) bond motifs is 2. The Morgan fingerprint density at radius 2 is 1.52 bits per heavy atom. The summed E-state index contributed by atoms with van der Waals surface area (Å²) in [6, 6.07) is 25.0. The summed E-state index contributed by atoms with van der Waals surface area (Å²) in [5.74, 6) is 1.05. The molecule has 5 nitrogen and oxygen atoms in total. The van der Waals surface area contributed by atoms with E-state index in [9.17, 15) is 13.2 Å². The van der Waals surface area contributed by atoms with Crippen LogP contribution >= 0.6 is 0 Å². The largest absolute Gasteiger partial charge is 0.349 e. The number of carbonyl (C=O) groups is 1. The topological polar surface area (TPSA) is 66.5 Å². The van der Waals surface area contributed by atoms with E-state index in [-0.39, 0.29) is 23.4 Å². The fourth-order valence-corrected chi connectivity index (χ4v) is 6.81. The first-order valence-corrected chi connectivity index (χ1v) is 13.0. The van der Waals surface area contributed by atoms with E-state index in [1.54, 1.807) is 54.6 Å². The van der Waals surface area contributed by atoms with Crippen LogP contribution in [0.3, 0.4) is 0 Å². The van der Waals surface area contributed by atoms with Gasteiger partial charge in [0.25, 0.3) is 15.9 Å². The van der Waals surface area contributed by atoms with Crippen molar-refractivity contribution in [2.45, 2.75) is 43.2 Å². The Morgan fingerprint density at radius 1 is 0.848 bits per heavy atom. The van der Waals surface area contributed by atoms with Crippen LogP contribution in [-0.4, -0.2) is 20.4 Å². The second-order valence-electron chi connectivity index (χ2n) is 9.08. The molecule has 0 aromatic heterocycles. The van der Waals surface area contributed by atoms with Gasteiger partial charge >= 0.3 is 0 Å². The lowest BCUT2D eigenvalue weighted by atomic mass is 9.95. The van der Waals surface area contributed by atoms with E-state index in [0.717, 1.165) is 12.0 Å². The molecule has 0 saturated heterocycles. The van der Waals surface area contributed by atoms with Crippen molar-refractivity contribution < 1.29 is 13.2 Å². The average molecular weight is 461 g/mol. The normalized spacial score (nSPS) is 21.6. The van der Waals surface area contributed by atoms with Gasteiger partial charge in [-0.15, -0.1) is 0 Å². The lowest BCUT2D eigenvalue weighted by molar-refractivity contribution is 0.0923. The molecule has 3 aromatic rings. The minimum atomic E-state index is -3.89. The van der Waals surface area contributed by atoms with Crippen LogP contribution in [-0.2, 0) is 16.6 Å². The summed E-state index contributed by atoms with van der Waals surface area (Å²) in [4.78, 5) is 13.6. The van der Waals surface area contributed by atoms with E-state index in [1.807, 2.05) is 30.3 Å². The Labute approximate surface area is 195 Å². The van der Waals surface area contributed by atoms with Gasteiger partial charge in [-0.3, -0.25) is 9.10 Å². The number of para-hydroxylation sites is 1. The lowest BCUT2D eigenvalue weighted by Crippen LogP contribution is -2.40. The standard InChI is InChI=1S/C27H28N2O3S/c30-27(28-25-18-21-15-16-22(25)17-21)24-13-7-8-14-26(24)29(19-20-9-3-1-4-10-20)33(31,32)23-11-5-2-6-12-23/h1-14,21-22,25H,15-19H2,(H,28,30)/t21-,22-,25+/m1/s1. The van der Waals surface area contributed by atoms with Crippen LogP contribution in [0.25, 0.3) is 0 Å². The molecule has 3 atom stereocenters. The van der Waals surface area contributed by atoms with E-state index in [0.29, 0.717) is 23.1 Å². The highest BCUT2D eigenvalue weighted by molar-refractivity contribution is 7.92. The first kappa shape index (κ1) is 21.7. The lowest BCUT2D eigenvalue weighted by Gasteiger charge is -2.28. The number of anilines is 1. The molecular formula is C27H28N2O3S. The van der Waals surface area contributed by atoms with Crippen LogP contribution in [0.1, 0.15) is 41.6 Å². The van der Waals surface area contributed by atoms with Gasteiger partial charge in [0.2, 0.25) is 0 Å². The second kappa shape index (κ2) is 9.02. The second-order valence-corrected chi connectivity index (χ2v) is 10.9. The van der Waals surface area contributed by atoms with Gasteiger partial charge in [0.1, 0.15) is 0 Å². The van der Waals surface area contributed by atoms with Crippen LogP contribution in [0, 0.1) is 11.8 Å². The molecule has 6 heteroatoms. The van der Waals surface area contributed by atoms with Crippen LogP contribution in [0.5, 0.6) is 0 Å². The summed E-state index contributed by atoms with van der Waals surface area (Å²) in [7, 11) is -3.89. The molecule has 2 fully saturated rings. The smallest absolute Gasteiger partial charge is 0.264 e. The van der Waals surface area contributed by atoms with Crippen molar-refractivity contribution in [3.8, 4) is 0 Å². The van der Waals surface area contributed by atoms with Gasteiger partial charge in [-0.2, -0.15) is 0 Å². The molecule has 2 saturated carbocycles. The number of carbonyl (C=O) groups excluding carboxylic acids is 1. The van der Waals surface area contributed by atoms with Crippen LogP contribution in [0.2, 0.25) is 0 Å². The predicted octanol–water partition coefficient (Wildman–Crippen LogP) is 5.00. The Hall–Kier alpha value is -3.12. The van der Waals surface area contributed by atoms with Gasteiger partial charge in [-0.25, -0.2) is 8.42 Å². The summed E-state index contributed by atoms with van der Waals surface area (Å²) in [6.45, 7) is 0.135. The van der Waals surface area contributed by atoms with Crippen molar-refractivity contribution >= 4 is 21.6 Å². The monoisotopic (exact) mass is 460 g/mol. The van der Waals surface area contributed by atoms with Crippen molar-refractivity contribution in [2.24, 2.45) is 11.8 Å². The number of nitrogens with zero attached hydrogens (tertiary/aromatic N) is 1. The van der Waals surface area contributed by atoms with Crippen molar-refractivity contribution in [1.29, 1.82) is 0 Å². The van der Waals surface area contributed by atoms with Gasteiger partial charge in [-0.05, 0) is 60.9 Å². The van der Waals surface area contributed by atoms with Gasteiger partial charge in [0, 0.05) is 6.04 Å². The van der Waals surface area contributed by atoms with Crippen molar-refractivity contribution in [1.82, 2.24) is 5.32 Å². The third kappa shape index (κ3) is 4.40.